The Labute approximate surface area is 302 Å². The molecule has 2 heterocycles. The molecule has 8 nitrogen and oxygen atoms in total. The SMILES string of the molecule is CCCCCOc1ccc(-c2cc(-c3ccc(OC)cc3)c(/N=C3\N=C(c4ccccc4)C=C3c3ccc(OCC(=O)OC)cc3)n2B(F)F)cc1. The number of hydrogen-bond donors (Lipinski definition) is 0. The van der Waals surface area contributed by atoms with Crippen LogP contribution in [0, 0.1) is 0 Å². The van der Waals surface area contributed by atoms with Crippen molar-refractivity contribution in [1.29, 1.82) is 0 Å². The van der Waals surface area contributed by atoms with E-state index < -0.39 is 13.4 Å². The van der Waals surface area contributed by atoms with Gasteiger partial charge < -0.3 is 23.4 Å². The van der Waals surface area contributed by atoms with Crippen LogP contribution in [0.1, 0.15) is 37.3 Å². The first-order valence-electron chi connectivity index (χ1n) is 17.0. The van der Waals surface area contributed by atoms with Crippen molar-refractivity contribution >= 4 is 36.3 Å². The maximum atomic E-state index is 15.3. The Balaban J connectivity index is 1.47. The number of nitrogens with zero attached hydrogens (tertiary/aromatic N) is 3. The van der Waals surface area contributed by atoms with E-state index in [2.05, 4.69) is 11.7 Å². The van der Waals surface area contributed by atoms with E-state index in [4.69, 9.17) is 24.2 Å². The summed E-state index contributed by atoms with van der Waals surface area (Å²) in [6, 6.07) is 32.8. The van der Waals surface area contributed by atoms with Gasteiger partial charge in [-0.25, -0.2) is 14.8 Å². The number of hydrogen-bond acceptors (Lipinski definition) is 6. The lowest BCUT2D eigenvalue weighted by molar-refractivity contribution is -0.142. The Hall–Kier alpha value is -5.97. The first-order chi connectivity index (χ1) is 25.4. The quantitative estimate of drug-likeness (QED) is 0.0617. The standard InChI is InChI=1S/C41H38BF2N3O5/c1-4-5-9-24-51-33-22-16-31(17-23-33)38-26-36(29-12-18-32(49-2)19-13-29)41(47(38)42(43)44)46-40-35(25-37(45-40)30-10-7-6-8-11-30)28-14-20-34(21-15-28)52-27-39(48)50-3/h6-8,10-23,25-26H,4-5,9,24,27H2,1-3H3/b46-40-. The van der Waals surface area contributed by atoms with E-state index in [0.29, 0.717) is 57.5 Å². The number of aromatic nitrogens is 1. The highest BCUT2D eigenvalue weighted by atomic mass is 19.2. The monoisotopic (exact) mass is 701 g/mol. The van der Waals surface area contributed by atoms with E-state index in [1.165, 1.54) is 7.11 Å². The molecule has 1 aliphatic rings. The van der Waals surface area contributed by atoms with Crippen LogP contribution in [0.25, 0.3) is 28.0 Å². The fourth-order valence-electron chi connectivity index (χ4n) is 5.79. The van der Waals surface area contributed by atoms with Crippen molar-refractivity contribution < 1.29 is 32.4 Å². The minimum absolute atomic E-state index is 0.0482. The molecule has 4 aromatic carbocycles. The third-order valence-electron chi connectivity index (χ3n) is 8.55. The van der Waals surface area contributed by atoms with Gasteiger partial charge in [0, 0.05) is 22.4 Å². The van der Waals surface area contributed by atoms with Crippen molar-refractivity contribution in [3.05, 3.63) is 126 Å². The van der Waals surface area contributed by atoms with Crippen LogP contribution in [0.15, 0.2) is 125 Å². The van der Waals surface area contributed by atoms with Gasteiger partial charge in [-0.3, -0.25) is 8.63 Å². The normalized spacial score (nSPS) is 13.1. The molecule has 264 valence electrons. The molecule has 0 aliphatic carbocycles. The molecule has 0 unspecified atom stereocenters. The molecule has 0 amide bonds. The van der Waals surface area contributed by atoms with Crippen LogP contribution in [-0.2, 0) is 9.53 Å². The minimum Gasteiger partial charge on any atom is -0.497 e. The molecule has 11 heteroatoms. The summed E-state index contributed by atoms with van der Waals surface area (Å²) in [4.78, 5) is 21.4. The smallest absolute Gasteiger partial charge is 0.497 e. The first kappa shape index (κ1) is 35.8. The number of benzene rings is 4. The molecule has 0 saturated carbocycles. The Morgan fingerprint density at radius 1 is 0.769 bits per heavy atom. The predicted molar refractivity (Wildman–Crippen MR) is 202 cm³/mol. The second kappa shape index (κ2) is 16.8. The number of halogens is 2. The van der Waals surface area contributed by atoms with Crippen molar-refractivity contribution in [3.63, 3.8) is 0 Å². The molecule has 1 aromatic heterocycles. The van der Waals surface area contributed by atoms with Gasteiger partial charge in [0.25, 0.3) is 0 Å². The summed E-state index contributed by atoms with van der Waals surface area (Å²) in [5.41, 5.74) is 4.90. The van der Waals surface area contributed by atoms with Crippen LogP contribution in [0.3, 0.4) is 0 Å². The third-order valence-corrected chi connectivity index (χ3v) is 8.55. The summed E-state index contributed by atoms with van der Waals surface area (Å²) < 4.78 is 53.1. The Bertz CT molecular complexity index is 2080. The van der Waals surface area contributed by atoms with Crippen LogP contribution in [0.5, 0.6) is 17.2 Å². The van der Waals surface area contributed by atoms with Crippen LogP contribution < -0.4 is 14.2 Å². The lowest BCUT2D eigenvalue weighted by Crippen LogP contribution is -2.14. The van der Waals surface area contributed by atoms with Gasteiger partial charge in [-0.05, 0) is 83.8 Å². The Morgan fingerprint density at radius 3 is 2.04 bits per heavy atom. The van der Waals surface area contributed by atoms with Gasteiger partial charge in [0.15, 0.2) is 12.4 Å². The summed E-state index contributed by atoms with van der Waals surface area (Å²) in [5.74, 6) is 1.59. The number of ether oxygens (including phenoxy) is 4. The fraction of sp³-hybridized carbons (Fsp3) is 0.195. The number of amidine groups is 1. The maximum absolute atomic E-state index is 15.3. The zero-order valence-electron chi connectivity index (χ0n) is 29.2. The summed E-state index contributed by atoms with van der Waals surface area (Å²) >= 11 is 0. The van der Waals surface area contributed by atoms with Gasteiger partial charge in [-0.2, -0.15) is 0 Å². The highest BCUT2D eigenvalue weighted by Crippen LogP contribution is 2.41. The number of unbranched alkanes of at least 4 members (excludes halogenated alkanes) is 2. The van der Waals surface area contributed by atoms with Gasteiger partial charge in [0.05, 0.1) is 26.5 Å². The molecule has 6 rings (SSSR count). The number of carbonyl (C=O) groups excluding carboxylic acids is 1. The number of rotatable bonds is 15. The number of aliphatic imine (C=N–C) groups is 2. The summed E-state index contributed by atoms with van der Waals surface area (Å²) in [6.07, 6.45) is 5.00. The number of allylic oxidation sites excluding steroid dienone is 1. The molecule has 0 spiro atoms. The van der Waals surface area contributed by atoms with Crippen molar-refractivity contribution in [2.24, 2.45) is 9.98 Å². The average Bonchev–Trinajstić information content (AvgIpc) is 3.79. The second-order valence-electron chi connectivity index (χ2n) is 12.0. The average molecular weight is 702 g/mol. The third kappa shape index (κ3) is 8.32. The maximum Gasteiger partial charge on any atom is 0.679 e. The van der Waals surface area contributed by atoms with E-state index >= 15 is 8.63 Å². The van der Waals surface area contributed by atoms with Crippen LogP contribution in [0.2, 0.25) is 0 Å². The molecule has 5 aromatic rings. The second-order valence-corrected chi connectivity index (χ2v) is 12.0. The van der Waals surface area contributed by atoms with E-state index in [0.717, 1.165) is 34.9 Å². The molecule has 0 atom stereocenters. The first-order valence-corrected chi connectivity index (χ1v) is 17.0. The van der Waals surface area contributed by atoms with Gasteiger partial charge in [-0.1, -0.05) is 74.4 Å². The molecule has 0 N–H and O–H groups in total. The summed E-state index contributed by atoms with van der Waals surface area (Å²) in [5, 5.41) is 0. The van der Waals surface area contributed by atoms with Crippen LogP contribution >= 0.6 is 0 Å². The lowest BCUT2D eigenvalue weighted by atomic mass is 10.0. The molecule has 52 heavy (non-hydrogen) atoms. The van der Waals surface area contributed by atoms with Crippen molar-refractivity contribution in [2.45, 2.75) is 26.2 Å². The molecule has 0 fully saturated rings. The van der Waals surface area contributed by atoms with E-state index in [1.54, 1.807) is 61.7 Å². The van der Waals surface area contributed by atoms with Gasteiger partial charge >= 0.3 is 13.4 Å². The lowest BCUT2D eigenvalue weighted by Gasteiger charge is -2.12. The molecule has 1 aliphatic heterocycles. The zero-order valence-corrected chi connectivity index (χ0v) is 29.2. The summed E-state index contributed by atoms with van der Waals surface area (Å²) in [7, 11) is -0.0617. The van der Waals surface area contributed by atoms with Crippen LogP contribution in [-0.4, -0.2) is 56.8 Å². The molecule has 0 bridgehead atoms. The van der Waals surface area contributed by atoms with E-state index in [1.807, 2.05) is 60.7 Å². The molecule has 0 radical (unpaired) electrons. The van der Waals surface area contributed by atoms with E-state index in [-0.39, 0.29) is 18.3 Å². The van der Waals surface area contributed by atoms with Crippen LogP contribution in [0.4, 0.5) is 14.4 Å². The topological polar surface area (TPSA) is 83.6 Å². The number of esters is 1. The van der Waals surface area contributed by atoms with Gasteiger partial charge in [0.1, 0.15) is 23.1 Å². The minimum atomic E-state index is -2.93. The Morgan fingerprint density at radius 2 is 1.40 bits per heavy atom. The van der Waals surface area contributed by atoms with Crippen molar-refractivity contribution in [1.82, 2.24) is 4.48 Å². The molecular formula is C41H38BF2N3O5. The van der Waals surface area contributed by atoms with Gasteiger partial charge in [-0.15, -0.1) is 0 Å². The number of carbonyl (C=O) groups is 1. The Kier molecular flexibility index (Phi) is 11.6. The van der Waals surface area contributed by atoms with Crippen molar-refractivity contribution in [3.8, 4) is 39.6 Å². The number of methoxy groups -OCH3 is 2. The predicted octanol–water partition coefficient (Wildman–Crippen LogP) is 9.34. The zero-order chi connectivity index (χ0) is 36.5. The highest BCUT2D eigenvalue weighted by molar-refractivity contribution is 6.43. The van der Waals surface area contributed by atoms with E-state index in [9.17, 15) is 4.79 Å². The largest absolute Gasteiger partial charge is 0.679 e. The fourth-order valence-corrected chi connectivity index (χ4v) is 5.79. The highest BCUT2D eigenvalue weighted by Gasteiger charge is 2.30. The summed E-state index contributed by atoms with van der Waals surface area (Å²) in [6.45, 7) is 2.49. The molecule has 0 saturated heterocycles. The van der Waals surface area contributed by atoms with Gasteiger partial charge in [0.2, 0.25) is 0 Å². The van der Waals surface area contributed by atoms with Crippen molar-refractivity contribution in [2.75, 3.05) is 27.4 Å². The molecular weight excluding hydrogens is 663 g/mol.